The number of benzene rings is 2. The van der Waals surface area contributed by atoms with E-state index in [1.165, 1.54) is 12.0 Å². The highest BCUT2D eigenvalue weighted by Crippen LogP contribution is 2.26. The molecule has 10 nitrogen and oxygen atoms in total. The molecule has 3 rings (SSSR count). The molecule has 194 valence electrons. The van der Waals surface area contributed by atoms with Crippen molar-refractivity contribution in [2.75, 3.05) is 39.2 Å². The number of amides is 1. The van der Waals surface area contributed by atoms with Gasteiger partial charge in [-0.25, -0.2) is 13.2 Å². The Kier molecular flexibility index (Phi) is 9.19. The van der Waals surface area contributed by atoms with E-state index in [-0.39, 0.29) is 36.1 Å². The Labute approximate surface area is 211 Å². The molecule has 0 atom stereocenters. The van der Waals surface area contributed by atoms with Crippen LogP contribution in [0.2, 0.25) is 0 Å². The Morgan fingerprint density at radius 3 is 2.39 bits per heavy atom. The highest BCUT2D eigenvalue weighted by atomic mass is 32.2. The van der Waals surface area contributed by atoms with E-state index >= 15 is 0 Å². The van der Waals surface area contributed by atoms with Gasteiger partial charge in [0, 0.05) is 25.1 Å². The minimum Gasteiger partial charge on any atom is -0.497 e. The summed E-state index contributed by atoms with van der Waals surface area (Å²) in [4.78, 5) is 29.2. The molecule has 1 heterocycles. The first-order chi connectivity index (χ1) is 17.1. The molecule has 0 unspecified atom stereocenters. The second-order valence-corrected chi connectivity index (χ2v) is 10.5. The standard InChI is InChI=1S/C25H32N4O6S/c1-17-12-22(35-3)13-18(2)23(17)36(33,34)16-26-9-8-21(30)15-27-14-19-4-6-20(7-5-19)24-28-10-11-29(24)25(31)32/h4-7,12-13,26-27H,8-11,14-16H2,1-3H3,(H,31,32). The zero-order chi connectivity index (χ0) is 26.3. The number of ether oxygens (including phenoxy) is 1. The lowest BCUT2D eigenvalue weighted by Crippen LogP contribution is -2.33. The van der Waals surface area contributed by atoms with E-state index in [4.69, 9.17) is 4.74 Å². The van der Waals surface area contributed by atoms with Crippen LogP contribution in [-0.4, -0.2) is 75.3 Å². The Balaban J connectivity index is 1.40. The second kappa shape index (κ2) is 12.1. The van der Waals surface area contributed by atoms with Crippen LogP contribution in [0.15, 0.2) is 46.3 Å². The molecular formula is C25H32N4O6S. The molecule has 0 bridgehead atoms. The quantitative estimate of drug-likeness (QED) is 0.365. The maximum absolute atomic E-state index is 12.8. The third kappa shape index (κ3) is 6.90. The van der Waals surface area contributed by atoms with Crippen molar-refractivity contribution in [3.8, 4) is 5.75 Å². The molecular weight excluding hydrogens is 484 g/mol. The Bertz CT molecular complexity index is 1220. The van der Waals surface area contributed by atoms with Gasteiger partial charge in [0.05, 0.1) is 31.6 Å². The first kappa shape index (κ1) is 27.3. The van der Waals surface area contributed by atoms with Crippen molar-refractivity contribution in [2.24, 2.45) is 4.99 Å². The number of sulfone groups is 1. The number of amidine groups is 1. The number of hydrogen-bond acceptors (Lipinski definition) is 8. The van der Waals surface area contributed by atoms with Crippen molar-refractivity contribution in [3.05, 3.63) is 58.7 Å². The van der Waals surface area contributed by atoms with E-state index in [0.717, 1.165) is 11.1 Å². The van der Waals surface area contributed by atoms with Crippen LogP contribution in [0.5, 0.6) is 5.75 Å². The average molecular weight is 517 g/mol. The fraction of sp³-hybridized carbons (Fsp3) is 0.400. The molecule has 3 N–H and O–H groups in total. The van der Waals surface area contributed by atoms with Gasteiger partial charge in [0.2, 0.25) is 0 Å². The van der Waals surface area contributed by atoms with Crippen molar-refractivity contribution in [2.45, 2.75) is 31.7 Å². The van der Waals surface area contributed by atoms with Gasteiger partial charge in [-0.1, -0.05) is 24.3 Å². The largest absolute Gasteiger partial charge is 0.497 e. The van der Waals surface area contributed by atoms with E-state index in [1.54, 1.807) is 26.0 Å². The maximum atomic E-state index is 12.8. The van der Waals surface area contributed by atoms with E-state index in [9.17, 15) is 23.1 Å². The number of nitrogens with one attached hydrogen (secondary N) is 2. The highest BCUT2D eigenvalue weighted by Gasteiger charge is 2.24. The highest BCUT2D eigenvalue weighted by molar-refractivity contribution is 7.91. The molecule has 2 aromatic rings. The van der Waals surface area contributed by atoms with Crippen molar-refractivity contribution < 1.29 is 27.9 Å². The van der Waals surface area contributed by atoms with Gasteiger partial charge >= 0.3 is 6.09 Å². The van der Waals surface area contributed by atoms with Gasteiger partial charge in [-0.3, -0.25) is 14.7 Å². The number of carbonyl (C=O) groups is 2. The summed E-state index contributed by atoms with van der Waals surface area (Å²) >= 11 is 0. The van der Waals surface area contributed by atoms with Gasteiger partial charge in [0.1, 0.15) is 23.2 Å². The van der Waals surface area contributed by atoms with Gasteiger partial charge < -0.3 is 20.5 Å². The van der Waals surface area contributed by atoms with Crippen LogP contribution in [0.3, 0.4) is 0 Å². The van der Waals surface area contributed by atoms with E-state index < -0.39 is 15.9 Å². The maximum Gasteiger partial charge on any atom is 0.413 e. The third-order valence-corrected chi connectivity index (χ3v) is 7.64. The predicted molar refractivity (Wildman–Crippen MR) is 136 cm³/mol. The smallest absolute Gasteiger partial charge is 0.413 e. The Morgan fingerprint density at radius 2 is 1.78 bits per heavy atom. The molecule has 0 aliphatic carbocycles. The zero-order valence-corrected chi connectivity index (χ0v) is 21.5. The van der Waals surface area contributed by atoms with Crippen LogP contribution < -0.4 is 15.4 Å². The van der Waals surface area contributed by atoms with Crippen LogP contribution in [0.25, 0.3) is 0 Å². The fourth-order valence-electron chi connectivity index (χ4n) is 4.11. The number of Topliss-reactive ketones (excluding diaryl/α,β-unsaturated/α-hetero) is 1. The van der Waals surface area contributed by atoms with E-state index in [0.29, 0.717) is 42.3 Å². The van der Waals surface area contributed by atoms with E-state index in [2.05, 4.69) is 15.6 Å². The van der Waals surface area contributed by atoms with Gasteiger partial charge in [-0.2, -0.15) is 0 Å². The van der Waals surface area contributed by atoms with E-state index in [1.807, 2.05) is 24.3 Å². The lowest BCUT2D eigenvalue weighted by Gasteiger charge is -2.14. The van der Waals surface area contributed by atoms with Crippen LogP contribution in [0.1, 0.15) is 28.7 Å². The number of aryl methyl sites for hydroxylation is 2. The summed E-state index contributed by atoms with van der Waals surface area (Å²) in [7, 11) is -2.02. The monoisotopic (exact) mass is 516 g/mol. The molecule has 0 aromatic heterocycles. The molecule has 1 aliphatic rings. The summed E-state index contributed by atoms with van der Waals surface area (Å²) in [6, 6.07) is 10.7. The summed E-state index contributed by atoms with van der Waals surface area (Å²) in [6.45, 7) is 5.17. The first-order valence-corrected chi connectivity index (χ1v) is 13.2. The lowest BCUT2D eigenvalue weighted by molar-refractivity contribution is -0.118. The number of carbonyl (C=O) groups excluding carboxylic acids is 1. The molecule has 0 spiro atoms. The summed E-state index contributed by atoms with van der Waals surface area (Å²) in [5, 5.41) is 15.2. The van der Waals surface area contributed by atoms with Crippen LogP contribution in [0.4, 0.5) is 4.79 Å². The summed E-state index contributed by atoms with van der Waals surface area (Å²) in [5.74, 6) is 0.771. The predicted octanol–water partition coefficient (Wildman–Crippen LogP) is 2.12. The fourth-order valence-corrected chi connectivity index (χ4v) is 5.77. The number of carboxylic acid groups (broad SMARTS) is 1. The van der Waals surface area contributed by atoms with Gasteiger partial charge in [0.25, 0.3) is 0 Å². The summed E-state index contributed by atoms with van der Waals surface area (Å²) in [6.07, 6.45) is -0.819. The number of hydrogen-bond donors (Lipinski definition) is 3. The molecule has 0 fully saturated rings. The number of rotatable bonds is 12. The average Bonchev–Trinajstić information content (AvgIpc) is 3.32. The summed E-state index contributed by atoms with van der Waals surface area (Å²) in [5.41, 5.74) is 2.92. The van der Waals surface area contributed by atoms with Gasteiger partial charge in [-0.15, -0.1) is 0 Å². The first-order valence-electron chi connectivity index (χ1n) is 11.6. The van der Waals surface area contributed by atoms with Crippen LogP contribution >= 0.6 is 0 Å². The Hall–Kier alpha value is -3.28. The molecule has 36 heavy (non-hydrogen) atoms. The minimum absolute atomic E-state index is 0.0364. The number of nitrogens with zero attached hydrogens (tertiary/aromatic N) is 2. The SMILES string of the molecule is COc1cc(C)c(S(=O)(=O)CNCCC(=O)CNCc2ccc(C3=NCCN3C(=O)O)cc2)c(C)c1. The minimum atomic E-state index is -3.55. The van der Waals surface area contributed by atoms with Gasteiger partial charge in [0.15, 0.2) is 9.84 Å². The molecule has 2 aromatic carbocycles. The molecule has 11 heteroatoms. The molecule has 0 radical (unpaired) electrons. The van der Waals surface area contributed by atoms with Crippen LogP contribution in [-0.2, 0) is 21.2 Å². The van der Waals surface area contributed by atoms with Crippen molar-refractivity contribution >= 4 is 27.5 Å². The molecule has 0 saturated heterocycles. The molecule has 0 saturated carbocycles. The third-order valence-electron chi connectivity index (χ3n) is 5.79. The van der Waals surface area contributed by atoms with Gasteiger partial charge in [-0.05, 0) is 42.7 Å². The number of ketones is 1. The summed E-state index contributed by atoms with van der Waals surface area (Å²) < 4.78 is 30.7. The molecule has 1 aliphatic heterocycles. The number of aliphatic imine (C=N–C) groups is 1. The topological polar surface area (TPSA) is 137 Å². The van der Waals surface area contributed by atoms with Crippen molar-refractivity contribution in [3.63, 3.8) is 0 Å². The zero-order valence-electron chi connectivity index (χ0n) is 20.7. The normalized spacial score (nSPS) is 13.5. The van der Waals surface area contributed by atoms with Crippen molar-refractivity contribution in [1.29, 1.82) is 0 Å². The van der Waals surface area contributed by atoms with Crippen LogP contribution in [0, 0.1) is 13.8 Å². The molecule has 1 amide bonds. The number of methoxy groups -OCH3 is 1. The Morgan fingerprint density at radius 1 is 1.11 bits per heavy atom. The second-order valence-electron chi connectivity index (χ2n) is 8.58. The van der Waals surface area contributed by atoms with Crippen molar-refractivity contribution in [1.82, 2.24) is 15.5 Å². The lowest BCUT2D eigenvalue weighted by atomic mass is 10.1.